The molecule has 1 aliphatic heterocycles. The fourth-order valence-corrected chi connectivity index (χ4v) is 5.03. The number of carbonyl (C=O) groups is 2. The molecule has 2 aromatic carbocycles. The summed E-state index contributed by atoms with van der Waals surface area (Å²) in [6.07, 6.45) is 1.74. The van der Waals surface area contributed by atoms with E-state index in [-0.39, 0.29) is 25.0 Å². The Morgan fingerprint density at radius 3 is 2.63 bits per heavy atom. The first-order chi connectivity index (χ1) is 16.9. The first kappa shape index (κ1) is 22.7. The highest BCUT2D eigenvalue weighted by molar-refractivity contribution is 7.15. The number of carbonyl (C=O) groups excluding carboxylic acids is 2. The van der Waals surface area contributed by atoms with Crippen LogP contribution < -0.4 is 15.0 Å². The molecule has 0 spiro atoms. The summed E-state index contributed by atoms with van der Waals surface area (Å²) >= 11 is 1.57. The van der Waals surface area contributed by atoms with Gasteiger partial charge in [-0.3, -0.25) is 19.5 Å². The fourth-order valence-electron chi connectivity index (χ4n) is 4.12. The summed E-state index contributed by atoms with van der Waals surface area (Å²) in [7, 11) is 0. The van der Waals surface area contributed by atoms with Gasteiger partial charge in [-0.15, -0.1) is 11.3 Å². The molecular weight excluding hydrogens is 460 g/mol. The van der Waals surface area contributed by atoms with Crippen molar-refractivity contribution in [2.45, 2.75) is 20.8 Å². The number of aryl methyl sites for hydroxylation is 3. The fraction of sp³-hybridized carbons (Fsp3) is 0.185. The van der Waals surface area contributed by atoms with Crippen molar-refractivity contribution in [3.63, 3.8) is 0 Å². The van der Waals surface area contributed by atoms with Gasteiger partial charge in [0.05, 0.1) is 17.1 Å². The maximum Gasteiger partial charge on any atom is 0.265 e. The van der Waals surface area contributed by atoms with Crippen molar-refractivity contribution in [2.75, 3.05) is 23.4 Å². The van der Waals surface area contributed by atoms with E-state index in [4.69, 9.17) is 9.72 Å². The van der Waals surface area contributed by atoms with E-state index in [1.807, 2.05) is 75.4 Å². The minimum absolute atomic E-state index is 0.109. The lowest BCUT2D eigenvalue weighted by Gasteiger charge is -2.29. The van der Waals surface area contributed by atoms with Gasteiger partial charge in [0.15, 0.2) is 6.61 Å². The quantitative estimate of drug-likeness (QED) is 0.423. The number of benzene rings is 2. The zero-order valence-electron chi connectivity index (χ0n) is 19.7. The lowest BCUT2D eigenvalue weighted by atomic mass is 10.1. The molecule has 8 heteroatoms. The van der Waals surface area contributed by atoms with Gasteiger partial charge in [0.2, 0.25) is 5.91 Å². The van der Waals surface area contributed by atoms with Crippen LogP contribution in [0.3, 0.4) is 0 Å². The molecule has 0 atom stereocenters. The summed E-state index contributed by atoms with van der Waals surface area (Å²) in [6.45, 7) is 5.68. The lowest BCUT2D eigenvalue weighted by Crippen LogP contribution is -2.43. The summed E-state index contributed by atoms with van der Waals surface area (Å²) < 4.78 is 5.65. The Labute approximate surface area is 207 Å². The molecule has 1 aliphatic rings. The summed E-state index contributed by atoms with van der Waals surface area (Å²) in [6, 6.07) is 17.2. The number of pyridine rings is 1. The van der Waals surface area contributed by atoms with E-state index in [0.717, 1.165) is 43.7 Å². The van der Waals surface area contributed by atoms with Gasteiger partial charge >= 0.3 is 0 Å². The number of hydrogen-bond donors (Lipinski definition) is 1. The molecule has 35 heavy (non-hydrogen) atoms. The number of thiazole rings is 1. The van der Waals surface area contributed by atoms with Crippen molar-refractivity contribution in [3.05, 3.63) is 76.8 Å². The van der Waals surface area contributed by atoms with E-state index in [0.29, 0.717) is 11.4 Å². The average Bonchev–Trinajstić information content (AvgIpc) is 3.25. The minimum Gasteiger partial charge on any atom is -0.482 e. The maximum absolute atomic E-state index is 12.9. The maximum atomic E-state index is 12.9. The molecule has 0 unspecified atom stereocenters. The van der Waals surface area contributed by atoms with Crippen LogP contribution in [0, 0.1) is 20.8 Å². The van der Waals surface area contributed by atoms with Gasteiger partial charge in [-0.2, -0.15) is 0 Å². The second-order valence-electron chi connectivity index (χ2n) is 8.40. The van der Waals surface area contributed by atoms with E-state index in [9.17, 15) is 9.59 Å². The second-order valence-corrected chi connectivity index (χ2v) is 9.61. The van der Waals surface area contributed by atoms with E-state index in [1.165, 1.54) is 4.90 Å². The van der Waals surface area contributed by atoms with Gasteiger partial charge in [0.1, 0.15) is 17.3 Å². The predicted molar refractivity (Wildman–Crippen MR) is 138 cm³/mol. The molecule has 5 rings (SSSR count). The lowest BCUT2D eigenvalue weighted by molar-refractivity contribution is -0.123. The summed E-state index contributed by atoms with van der Waals surface area (Å²) in [5.74, 6) is 0.0258. The Bertz CT molecular complexity index is 1410. The van der Waals surface area contributed by atoms with E-state index in [2.05, 4.69) is 10.3 Å². The minimum atomic E-state index is -0.268. The molecule has 0 bridgehead atoms. The SMILES string of the molecule is Cc1cccc(C)c1NC(=O)CN1C(=O)COc2ccc(-c3nc(-c4ccccn4)sc3C)cc21. The standard InChI is InChI=1S/C27H24N4O3S/c1-16-7-6-8-17(2)25(16)29-23(32)14-31-21-13-19(10-11-22(21)34-15-24(31)33)26-18(3)35-27(30-26)20-9-4-5-12-28-20/h4-13H,14-15H2,1-3H3,(H,29,32). The molecule has 2 amide bonds. The van der Waals surface area contributed by atoms with Gasteiger partial charge in [0.25, 0.3) is 5.91 Å². The number of nitrogens with one attached hydrogen (secondary N) is 1. The summed E-state index contributed by atoms with van der Waals surface area (Å²) in [5, 5.41) is 3.79. The van der Waals surface area contributed by atoms with Gasteiger partial charge in [-0.25, -0.2) is 4.98 Å². The van der Waals surface area contributed by atoms with E-state index in [1.54, 1.807) is 17.5 Å². The van der Waals surface area contributed by atoms with Crippen LogP contribution in [0.5, 0.6) is 5.75 Å². The number of ether oxygens (including phenoxy) is 1. The number of fused-ring (bicyclic) bond motifs is 1. The molecule has 0 saturated carbocycles. The van der Waals surface area contributed by atoms with E-state index < -0.39 is 0 Å². The number of rotatable bonds is 5. The Balaban J connectivity index is 1.44. The number of hydrogen-bond acceptors (Lipinski definition) is 6. The molecule has 4 aromatic rings. The third-order valence-corrected chi connectivity index (χ3v) is 6.90. The third kappa shape index (κ3) is 4.52. The molecule has 0 saturated heterocycles. The molecule has 3 heterocycles. The number of amides is 2. The topological polar surface area (TPSA) is 84.4 Å². The van der Waals surface area contributed by atoms with Crippen molar-refractivity contribution in [2.24, 2.45) is 0 Å². The monoisotopic (exact) mass is 484 g/mol. The molecule has 0 radical (unpaired) electrons. The third-order valence-electron chi connectivity index (χ3n) is 5.90. The van der Waals surface area contributed by atoms with Crippen molar-refractivity contribution < 1.29 is 14.3 Å². The number of anilines is 2. The van der Waals surface area contributed by atoms with Crippen LogP contribution in [-0.2, 0) is 9.59 Å². The van der Waals surface area contributed by atoms with Gasteiger partial charge in [-0.05, 0) is 62.2 Å². The Morgan fingerprint density at radius 2 is 1.89 bits per heavy atom. The average molecular weight is 485 g/mol. The number of para-hydroxylation sites is 1. The predicted octanol–water partition coefficient (Wildman–Crippen LogP) is 5.16. The molecule has 2 aromatic heterocycles. The zero-order chi connectivity index (χ0) is 24.5. The van der Waals surface area contributed by atoms with Crippen LogP contribution in [0.15, 0.2) is 60.8 Å². The zero-order valence-corrected chi connectivity index (χ0v) is 20.5. The van der Waals surface area contributed by atoms with Crippen LogP contribution in [0.1, 0.15) is 16.0 Å². The smallest absolute Gasteiger partial charge is 0.265 e. The first-order valence-corrected chi connectivity index (χ1v) is 12.0. The van der Waals surface area contributed by atoms with Crippen molar-refractivity contribution in [3.8, 4) is 27.7 Å². The number of aromatic nitrogens is 2. The second kappa shape index (κ2) is 9.31. The summed E-state index contributed by atoms with van der Waals surface area (Å²) in [5.41, 5.74) is 5.74. The van der Waals surface area contributed by atoms with Crippen LogP contribution in [0.4, 0.5) is 11.4 Å². The van der Waals surface area contributed by atoms with Crippen LogP contribution >= 0.6 is 11.3 Å². The van der Waals surface area contributed by atoms with Crippen molar-refractivity contribution in [1.82, 2.24) is 9.97 Å². The van der Waals surface area contributed by atoms with Crippen molar-refractivity contribution >= 4 is 34.5 Å². The normalized spacial score (nSPS) is 12.8. The molecule has 7 nitrogen and oxygen atoms in total. The van der Waals surface area contributed by atoms with Gasteiger partial charge < -0.3 is 10.1 Å². The molecule has 1 N–H and O–H groups in total. The highest BCUT2D eigenvalue weighted by Gasteiger charge is 2.28. The Morgan fingerprint density at radius 1 is 1.09 bits per heavy atom. The Kier molecular flexibility index (Phi) is 6.05. The molecule has 0 aliphatic carbocycles. The molecule has 0 fully saturated rings. The number of nitrogens with zero attached hydrogens (tertiary/aromatic N) is 3. The largest absolute Gasteiger partial charge is 0.482 e. The van der Waals surface area contributed by atoms with Gasteiger partial charge in [-0.1, -0.05) is 24.3 Å². The highest BCUT2D eigenvalue weighted by Crippen LogP contribution is 2.39. The highest BCUT2D eigenvalue weighted by atomic mass is 32.1. The molecular formula is C27H24N4O3S. The van der Waals surface area contributed by atoms with Crippen LogP contribution in [0.25, 0.3) is 22.0 Å². The molecule has 176 valence electrons. The van der Waals surface area contributed by atoms with Gasteiger partial charge in [0, 0.05) is 22.3 Å². The first-order valence-electron chi connectivity index (χ1n) is 11.2. The van der Waals surface area contributed by atoms with Crippen molar-refractivity contribution in [1.29, 1.82) is 0 Å². The summed E-state index contributed by atoms with van der Waals surface area (Å²) in [4.78, 5) is 37.5. The van der Waals surface area contributed by atoms with Crippen LogP contribution in [-0.4, -0.2) is 34.9 Å². The Hall–Kier alpha value is -4.04. The van der Waals surface area contributed by atoms with Crippen LogP contribution in [0.2, 0.25) is 0 Å². The van der Waals surface area contributed by atoms with E-state index >= 15 is 0 Å².